The van der Waals surface area contributed by atoms with Crippen LogP contribution in [0.25, 0.3) is 11.4 Å². The van der Waals surface area contributed by atoms with Gasteiger partial charge in [0.25, 0.3) is 0 Å². The summed E-state index contributed by atoms with van der Waals surface area (Å²) >= 11 is 8.81. The first-order valence-electron chi connectivity index (χ1n) is 4.54. The van der Waals surface area contributed by atoms with Gasteiger partial charge in [0.1, 0.15) is 5.82 Å². The average Bonchev–Trinajstić information content (AvgIpc) is 2.33. The van der Waals surface area contributed by atoms with Gasteiger partial charge in [-0.25, -0.2) is 14.4 Å². The van der Waals surface area contributed by atoms with Gasteiger partial charge < -0.3 is 0 Å². The Balaban J connectivity index is 2.46. The molecule has 0 unspecified atom stereocenters. The predicted octanol–water partition coefficient (Wildman–Crippen LogP) is 3.78. The van der Waals surface area contributed by atoms with Crippen molar-refractivity contribution in [1.29, 1.82) is 0 Å². The largest absolute Gasteiger partial charge is 0.237 e. The monoisotopic (exact) mass is 300 g/mol. The second-order valence-corrected chi connectivity index (χ2v) is 4.26. The van der Waals surface area contributed by atoms with Crippen LogP contribution in [0.3, 0.4) is 0 Å². The maximum Gasteiger partial charge on any atom is 0.159 e. The van der Waals surface area contributed by atoms with Gasteiger partial charge in [-0.1, -0.05) is 0 Å². The van der Waals surface area contributed by atoms with E-state index in [0.717, 1.165) is 11.3 Å². The van der Waals surface area contributed by atoms with Gasteiger partial charge in [-0.3, -0.25) is 0 Å². The third-order valence-electron chi connectivity index (χ3n) is 2.03. The third-order valence-corrected chi connectivity index (χ3v) is 2.91. The highest BCUT2D eigenvalue weighted by Gasteiger charge is 2.05. The summed E-state index contributed by atoms with van der Waals surface area (Å²) in [5.74, 6) is 0.564. The Morgan fingerprint density at radius 2 is 2.12 bits per heavy atom. The van der Waals surface area contributed by atoms with Gasteiger partial charge in [0.05, 0.1) is 16.0 Å². The van der Waals surface area contributed by atoms with E-state index in [4.69, 9.17) is 11.6 Å². The Labute approximate surface area is 106 Å². The topological polar surface area (TPSA) is 25.8 Å². The molecule has 2 aromatic rings. The van der Waals surface area contributed by atoms with Gasteiger partial charge in [-0.2, -0.15) is 0 Å². The summed E-state index contributed by atoms with van der Waals surface area (Å²) in [5, 5.41) is 0. The summed E-state index contributed by atoms with van der Waals surface area (Å²) in [6.45, 7) is 0. The number of nitrogens with zero attached hydrogens (tertiary/aromatic N) is 2. The maximum atomic E-state index is 13.1. The van der Waals surface area contributed by atoms with Crippen molar-refractivity contribution in [2.45, 2.75) is 5.88 Å². The molecule has 2 rings (SSSR count). The highest BCUT2D eigenvalue weighted by atomic mass is 79.9. The van der Waals surface area contributed by atoms with Gasteiger partial charge in [-0.15, -0.1) is 11.6 Å². The first kappa shape index (κ1) is 11.5. The number of benzene rings is 1. The highest BCUT2D eigenvalue weighted by Crippen LogP contribution is 2.22. The van der Waals surface area contributed by atoms with E-state index in [9.17, 15) is 4.39 Å². The van der Waals surface area contributed by atoms with Crippen LogP contribution in [-0.4, -0.2) is 9.97 Å². The number of aromatic nitrogens is 2. The van der Waals surface area contributed by atoms with Crippen LogP contribution in [0.15, 0.2) is 34.9 Å². The number of alkyl halides is 1. The molecule has 0 saturated carbocycles. The smallest absolute Gasteiger partial charge is 0.159 e. The Morgan fingerprint density at radius 3 is 2.81 bits per heavy atom. The molecule has 0 aliphatic rings. The van der Waals surface area contributed by atoms with Gasteiger partial charge in [0, 0.05) is 11.8 Å². The van der Waals surface area contributed by atoms with E-state index in [1.165, 1.54) is 6.07 Å². The molecule has 0 radical (unpaired) electrons. The van der Waals surface area contributed by atoms with Crippen LogP contribution in [-0.2, 0) is 5.88 Å². The molecule has 0 atom stereocenters. The number of halogens is 3. The minimum atomic E-state index is -0.308. The Hall–Kier alpha value is -1.00. The molecule has 0 spiro atoms. The summed E-state index contributed by atoms with van der Waals surface area (Å²) in [5.41, 5.74) is 1.49. The first-order chi connectivity index (χ1) is 7.70. The summed E-state index contributed by atoms with van der Waals surface area (Å²) in [4.78, 5) is 8.36. The molecule has 0 aliphatic heterocycles. The molecule has 0 N–H and O–H groups in total. The van der Waals surface area contributed by atoms with Gasteiger partial charge in [-0.05, 0) is 40.2 Å². The van der Waals surface area contributed by atoms with Crippen molar-refractivity contribution in [2.75, 3.05) is 0 Å². The first-order valence-corrected chi connectivity index (χ1v) is 5.87. The lowest BCUT2D eigenvalue weighted by Crippen LogP contribution is -1.93. The van der Waals surface area contributed by atoms with Crippen molar-refractivity contribution in [2.24, 2.45) is 0 Å². The lowest BCUT2D eigenvalue weighted by molar-refractivity contribution is 0.621. The van der Waals surface area contributed by atoms with Crippen LogP contribution in [0.2, 0.25) is 0 Å². The second-order valence-electron chi connectivity index (χ2n) is 3.13. The molecule has 82 valence electrons. The Morgan fingerprint density at radius 1 is 1.31 bits per heavy atom. The summed E-state index contributed by atoms with van der Waals surface area (Å²) in [6, 6.07) is 6.39. The molecule has 1 aromatic carbocycles. The maximum absolute atomic E-state index is 13.1. The van der Waals surface area contributed by atoms with Gasteiger partial charge in [0.15, 0.2) is 5.82 Å². The number of hydrogen-bond acceptors (Lipinski definition) is 2. The normalized spacial score (nSPS) is 10.4. The quantitative estimate of drug-likeness (QED) is 0.789. The van der Waals surface area contributed by atoms with Crippen LogP contribution in [0.1, 0.15) is 5.69 Å². The molecule has 1 heterocycles. The molecule has 0 saturated heterocycles. The van der Waals surface area contributed by atoms with Crippen LogP contribution < -0.4 is 0 Å². The second kappa shape index (κ2) is 4.89. The summed E-state index contributed by atoms with van der Waals surface area (Å²) < 4.78 is 13.4. The van der Waals surface area contributed by atoms with E-state index in [2.05, 4.69) is 25.9 Å². The molecule has 0 amide bonds. The Kier molecular flexibility index (Phi) is 3.51. The molecule has 0 bridgehead atoms. The molecule has 1 aromatic heterocycles. The minimum Gasteiger partial charge on any atom is -0.237 e. The van der Waals surface area contributed by atoms with Crippen LogP contribution in [0.5, 0.6) is 0 Å². The fourth-order valence-corrected chi connectivity index (χ4v) is 1.77. The van der Waals surface area contributed by atoms with E-state index in [0.29, 0.717) is 16.2 Å². The number of rotatable bonds is 2. The molecular formula is C11H7BrClFN2. The van der Waals surface area contributed by atoms with Crippen LogP contribution in [0, 0.1) is 5.82 Å². The molecular weight excluding hydrogens is 294 g/mol. The van der Waals surface area contributed by atoms with Gasteiger partial charge in [0.2, 0.25) is 0 Å². The highest BCUT2D eigenvalue weighted by molar-refractivity contribution is 9.10. The van der Waals surface area contributed by atoms with E-state index in [1.807, 2.05) is 0 Å². The zero-order valence-electron chi connectivity index (χ0n) is 8.12. The van der Waals surface area contributed by atoms with E-state index in [1.54, 1.807) is 24.4 Å². The fraction of sp³-hybridized carbons (Fsp3) is 0.0909. The van der Waals surface area contributed by atoms with Crippen molar-refractivity contribution in [1.82, 2.24) is 9.97 Å². The van der Waals surface area contributed by atoms with E-state index < -0.39 is 0 Å². The molecule has 16 heavy (non-hydrogen) atoms. The van der Waals surface area contributed by atoms with Crippen LogP contribution in [0.4, 0.5) is 4.39 Å². The lowest BCUT2D eigenvalue weighted by Gasteiger charge is -2.02. The average molecular weight is 302 g/mol. The fourth-order valence-electron chi connectivity index (χ4n) is 1.24. The van der Waals surface area contributed by atoms with E-state index >= 15 is 0 Å². The molecule has 0 fully saturated rings. The lowest BCUT2D eigenvalue weighted by atomic mass is 10.2. The summed E-state index contributed by atoms with van der Waals surface area (Å²) in [6.07, 6.45) is 1.64. The van der Waals surface area contributed by atoms with Crippen molar-refractivity contribution in [3.63, 3.8) is 0 Å². The number of hydrogen-bond donors (Lipinski definition) is 0. The van der Waals surface area contributed by atoms with Crippen molar-refractivity contribution >= 4 is 27.5 Å². The van der Waals surface area contributed by atoms with Crippen LogP contribution >= 0.6 is 27.5 Å². The van der Waals surface area contributed by atoms with E-state index in [-0.39, 0.29) is 5.82 Å². The predicted molar refractivity (Wildman–Crippen MR) is 64.7 cm³/mol. The molecule has 5 heteroatoms. The SMILES string of the molecule is Fc1ccc(-c2nccc(CCl)n2)cc1Br. The van der Waals surface area contributed by atoms with Crippen molar-refractivity contribution in [3.05, 3.63) is 46.4 Å². The minimum absolute atomic E-state index is 0.308. The zero-order valence-corrected chi connectivity index (χ0v) is 10.5. The Bertz CT molecular complexity index is 519. The standard InChI is InChI=1S/C11H7BrClFN2/c12-9-5-7(1-2-10(9)14)11-15-4-3-8(6-13)16-11/h1-5H,6H2. The zero-order chi connectivity index (χ0) is 11.5. The van der Waals surface area contributed by atoms with Gasteiger partial charge >= 0.3 is 0 Å². The van der Waals surface area contributed by atoms with Crippen molar-refractivity contribution < 1.29 is 4.39 Å². The van der Waals surface area contributed by atoms with Crippen molar-refractivity contribution in [3.8, 4) is 11.4 Å². The molecule has 2 nitrogen and oxygen atoms in total. The summed E-state index contributed by atoms with van der Waals surface area (Å²) in [7, 11) is 0. The molecule has 0 aliphatic carbocycles. The third kappa shape index (κ3) is 2.39.